The number of nitrogens with zero attached hydrogens (tertiary/aromatic N) is 3. The highest BCUT2D eigenvalue weighted by molar-refractivity contribution is 5.55. The monoisotopic (exact) mass is 225 g/mol. The molecule has 1 aromatic heterocycles. The number of morpholine rings is 1. The maximum absolute atomic E-state index is 11.8. The van der Waals surface area contributed by atoms with Gasteiger partial charge in [0.05, 0.1) is 26.5 Å². The van der Waals surface area contributed by atoms with Gasteiger partial charge < -0.3 is 14.4 Å². The summed E-state index contributed by atoms with van der Waals surface area (Å²) in [6.45, 7) is 2.84. The molecule has 0 radical (unpaired) electrons. The largest absolute Gasteiger partial charge is 0.490 e. The van der Waals surface area contributed by atoms with Gasteiger partial charge in [0.2, 0.25) is 5.75 Å². The van der Waals surface area contributed by atoms with Crippen LogP contribution in [0.3, 0.4) is 0 Å². The number of aromatic nitrogens is 2. The minimum Gasteiger partial charge on any atom is -0.490 e. The first-order valence-electron chi connectivity index (χ1n) is 5.17. The zero-order chi connectivity index (χ0) is 11.5. The van der Waals surface area contributed by atoms with E-state index in [2.05, 4.69) is 10.00 Å². The molecule has 1 aliphatic heterocycles. The zero-order valence-corrected chi connectivity index (χ0v) is 9.47. The van der Waals surface area contributed by atoms with Gasteiger partial charge in [0.25, 0.3) is 0 Å². The molecular formula is C10H15N3O3. The van der Waals surface area contributed by atoms with Crippen molar-refractivity contribution in [3.8, 4) is 5.75 Å². The quantitative estimate of drug-likeness (QED) is 0.687. The molecule has 1 aromatic rings. The molecule has 0 amide bonds. The average molecular weight is 225 g/mol. The molecule has 0 aliphatic carbocycles. The van der Waals surface area contributed by atoms with Crippen molar-refractivity contribution in [1.82, 2.24) is 9.78 Å². The van der Waals surface area contributed by atoms with Crippen LogP contribution in [0.2, 0.25) is 0 Å². The van der Waals surface area contributed by atoms with Crippen LogP contribution in [0, 0.1) is 0 Å². The van der Waals surface area contributed by atoms with Crippen molar-refractivity contribution < 1.29 is 9.47 Å². The summed E-state index contributed by atoms with van der Waals surface area (Å²) in [4.78, 5) is 13.8. The summed E-state index contributed by atoms with van der Waals surface area (Å²) in [7, 11) is 3.11. The van der Waals surface area contributed by atoms with E-state index < -0.39 is 0 Å². The normalized spacial score (nSPS) is 16.2. The van der Waals surface area contributed by atoms with Crippen molar-refractivity contribution >= 4 is 5.69 Å². The average Bonchev–Trinajstić information content (AvgIpc) is 2.33. The van der Waals surface area contributed by atoms with Gasteiger partial charge in [-0.25, -0.2) is 4.68 Å². The number of ether oxygens (including phenoxy) is 2. The summed E-state index contributed by atoms with van der Waals surface area (Å²) in [5, 5.41) is 4.00. The maximum Gasteiger partial charge on any atom is 0.310 e. The van der Waals surface area contributed by atoms with Gasteiger partial charge in [0, 0.05) is 20.1 Å². The Morgan fingerprint density at radius 2 is 2.12 bits per heavy atom. The third-order valence-electron chi connectivity index (χ3n) is 2.63. The molecule has 0 N–H and O–H groups in total. The van der Waals surface area contributed by atoms with Gasteiger partial charge in [0.1, 0.15) is 5.69 Å². The first-order valence-corrected chi connectivity index (χ1v) is 5.17. The van der Waals surface area contributed by atoms with Gasteiger partial charge in [-0.3, -0.25) is 4.79 Å². The second-order valence-electron chi connectivity index (χ2n) is 3.59. The molecule has 2 heterocycles. The van der Waals surface area contributed by atoms with Crippen LogP contribution >= 0.6 is 0 Å². The van der Waals surface area contributed by atoms with Crippen molar-refractivity contribution in [2.75, 3.05) is 38.3 Å². The smallest absolute Gasteiger partial charge is 0.310 e. The van der Waals surface area contributed by atoms with E-state index in [1.54, 1.807) is 13.2 Å². The minimum atomic E-state index is -0.216. The summed E-state index contributed by atoms with van der Waals surface area (Å²) in [5.74, 6) is 0.347. The number of hydrogen-bond donors (Lipinski definition) is 0. The van der Waals surface area contributed by atoms with Crippen molar-refractivity contribution in [2.45, 2.75) is 0 Å². The van der Waals surface area contributed by atoms with Gasteiger partial charge in [-0.05, 0) is 0 Å². The Hall–Kier alpha value is -1.56. The molecule has 0 atom stereocenters. The van der Waals surface area contributed by atoms with Crippen LogP contribution in [0.15, 0.2) is 11.0 Å². The maximum atomic E-state index is 11.8. The van der Waals surface area contributed by atoms with Gasteiger partial charge in [-0.1, -0.05) is 0 Å². The molecule has 1 fully saturated rings. The highest BCUT2D eigenvalue weighted by Crippen LogP contribution is 2.23. The molecule has 0 unspecified atom stereocenters. The molecule has 1 aliphatic rings. The van der Waals surface area contributed by atoms with E-state index in [0.717, 1.165) is 18.8 Å². The number of rotatable bonds is 2. The Morgan fingerprint density at radius 3 is 2.75 bits per heavy atom. The Balaban J connectivity index is 2.39. The van der Waals surface area contributed by atoms with E-state index in [-0.39, 0.29) is 5.56 Å². The van der Waals surface area contributed by atoms with Gasteiger partial charge in [-0.15, -0.1) is 0 Å². The van der Waals surface area contributed by atoms with Gasteiger partial charge >= 0.3 is 5.56 Å². The van der Waals surface area contributed by atoms with Crippen LogP contribution in [0.25, 0.3) is 0 Å². The number of aryl methyl sites for hydroxylation is 1. The highest BCUT2D eigenvalue weighted by atomic mass is 16.5. The lowest BCUT2D eigenvalue weighted by Crippen LogP contribution is -2.38. The van der Waals surface area contributed by atoms with Crippen LogP contribution in [0.5, 0.6) is 5.75 Å². The zero-order valence-electron chi connectivity index (χ0n) is 9.47. The topological polar surface area (TPSA) is 56.6 Å². The van der Waals surface area contributed by atoms with E-state index >= 15 is 0 Å². The molecule has 6 heteroatoms. The van der Waals surface area contributed by atoms with Crippen LogP contribution in [-0.2, 0) is 11.8 Å². The fourth-order valence-electron chi connectivity index (χ4n) is 1.73. The summed E-state index contributed by atoms with van der Waals surface area (Å²) >= 11 is 0. The predicted octanol–water partition coefficient (Wildman–Crippen LogP) is -0.375. The molecule has 88 valence electrons. The number of methoxy groups -OCH3 is 1. The lowest BCUT2D eigenvalue weighted by molar-refractivity contribution is 0.122. The Morgan fingerprint density at radius 1 is 1.44 bits per heavy atom. The Kier molecular flexibility index (Phi) is 3.09. The van der Waals surface area contributed by atoms with Crippen molar-refractivity contribution in [2.24, 2.45) is 7.05 Å². The number of anilines is 1. The minimum absolute atomic E-state index is 0.216. The molecule has 16 heavy (non-hydrogen) atoms. The molecule has 0 saturated carbocycles. The predicted molar refractivity (Wildman–Crippen MR) is 59.1 cm³/mol. The van der Waals surface area contributed by atoms with Crippen LogP contribution < -0.4 is 15.2 Å². The van der Waals surface area contributed by atoms with E-state index in [0.29, 0.717) is 19.0 Å². The van der Waals surface area contributed by atoms with E-state index in [4.69, 9.17) is 9.47 Å². The van der Waals surface area contributed by atoms with E-state index in [1.165, 1.54) is 11.8 Å². The van der Waals surface area contributed by atoms with Crippen LogP contribution in [0.1, 0.15) is 0 Å². The third-order valence-corrected chi connectivity index (χ3v) is 2.63. The molecule has 0 bridgehead atoms. The second kappa shape index (κ2) is 4.52. The van der Waals surface area contributed by atoms with Crippen molar-refractivity contribution in [1.29, 1.82) is 0 Å². The lowest BCUT2D eigenvalue weighted by Gasteiger charge is -2.29. The second-order valence-corrected chi connectivity index (χ2v) is 3.59. The fraction of sp³-hybridized carbons (Fsp3) is 0.600. The SMILES string of the molecule is COc1c(N2CCOCC2)cnn(C)c1=O. The van der Waals surface area contributed by atoms with Crippen LogP contribution in [0.4, 0.5) is 5.69 Å². The van der Waals surface area contributed by atoms with Crippen LogP contribution in [-0.4, -0.2) is 43.2 Å². The van der Waals surface area contributed by atoms with Gasteiger partial charge in [0.15, 0.2) is 0 Å². The highest BCUT2D eigenvalue weighted by Gasteiger charge is 2.18. The molecule has 6 nitrogen and oxygen atoms in total. The molecule has 0 spiro atoms. The summed E-state index contributed by atoms with van der Waals surface area (Å²) < 4.78 is 11.7. The molecular weight excluding hydrogens is 210 g/mol. The van der Waals surface area contributed by atoms with Crippen molar-refractivity contribution in [3.05, 3.63) is 16.6 Å². The first-order chi connectivity index (χ1) is 7.74. The fourth-order valence-corrected chi connectivity index (χ4v) is 1.73. The first kappa shape index (κ1) is 10.9. The standard InChI is InChI=1S/C10H15N3O3/c1-12-10(14)9(15-2)8(7-11-12)13-3-5-16-6-4-13/h7H,3-6H2,1-2H3. The lowest BCUT2D eigenvalue weighted by atomic mass is 10.3. The van der Waals surface area contributed by atoms with E-state index in [9.17, 15) is 4.79 Å². The number of hydrogen-bond acceptors (Lipinski definition) is 5. The summed E-state index contributed by atoms with van der Waals surface area (Å²) in [6, 6.07) is 0. The molecule has 1 saturated heterocycles. The summed E-state index contributed by atoms with van der Waals surface area (Å²) in [5.41, 5.74) is 0.528. The Bertz CT molecular complexity index is 424. The van der Waals surface area contributed by atoms with Gasteiger partial charge in [-0.2, -0.15) is 5.10 Å². The molecule has 0 aromatic carbocycles. The third kappa shape index (κ3) is 1.88. The summed E-state index contributed by atoms with van der Waals surface area (Å²) in [6.07, 6.45) is 1.66. The van der Waals surface area contributed by atoms with E-state index in [1.807, 2.05) is 0 Å². The molecule has 2 rings (SSSR count). The van der Waals surface area contributed by atoms with Crippen molar-refractivity contribution in [3.63, 3.8) is 0 Å². The Labute approximate surface area is 93.4 Å².